The van der Waals surface area contributed by atoms with E-state index in [1.807, 2.05) is 12.3 Å². The van der Waals surface area contributed by atoms with Gasteiger partial charge in [-0.15, -0.1) is 0 Å². The summed E-state index contributed by atoms with van der Waals surface area (Å²) in [4.78, 5) is 24.0. The van der Waals surface area contributed by atoms with Gasteiger partial charge in [-0.2, -0.15) is 5.26 Å². The molecule has 0 amide bonds. The van der Waals surface area contributed by atoms with Gasteiger partial charge in [0.1, 0.15) is 23.1 Å². The predicted molar refractivity (Wildman–Crippen MR) is 108 cm³/mol. The van der Waals surface area contributed by atoms with Crippen LogP contribution < -0.4 is 10.5 Å². The van der Waals surface area contributed by atoms with Gasteiger partial charge in [0.05, 0.1) is 11.2 Å². The molecule has 6 heteroatoms. The van der Waals surface area contributed by atoms with Gasteiger partial charge in [0.25, 0.3) is 5.56 Å². The monoisotopic (exact) mass is 371 g/mol. The number of hydrogen-bond acceptors (Lipinski definition) is 5. The van der Waals surface area contributed by atoms with Crippen molar-refractivity contribution in [2.24, 2.45) is 13.0 Å². The zero-order valence-corrected chi connectivity index (χ0v) is 15.8. The highest BCUT2D eigenvalue weighted by Crippen LogP contribution is 2.41. The molecular weight excluding hydrogens is 350 g/mol. The van der Waals surface area contributed by atoms with Gasteiger partial charge in [0.15, 0.2) is 0 Å². The highest BCUT2D eigenvalue weighted by Gasteiger charge is 2.28. The van der Waals surface area contributed by atoms with Gasteiger partial charge >= 0.3 is 0 Å². The van der Waals surface area contributed by atoms with Crippen molar-refractivity contribution in [2.45, 2.75) is 31.6 Å². The Kier molecular flexibility index (Phi) is 3.90. The van der Waals surface area contributed by atoms with E-state index in [1.54, 1.807) is 29.8 Å². The summed E-state index contributed by atoms with van der Waals surface area (Å²) in [6.07, 6.45) is 6.83. The van der Waals surface area contributed by atoms with E-state index in [4.69, 9.17) is 4.98 Å². The SMILES string of the molecule is Cn1c(=O)cc(N(CC2CC2)c2ccc(C3CC3)cn2)c2nc(C#N)ccc21. The smallest absolute Gasteiger partial charge is 0.252 e. The van der Waals surface area contributed by atoms with Crippen molar-refractivity contribution >= 4 is 22.5 Å². The van der Waals surface area contributed by atoms with Gasteiger partial charge < -0.3 is 9.47 Å². The van der Waals surface area contributed by atoms with Crippen molar-refractivity contribution in [1.29, 1.82) is 5.26 Å². The van der Waals surface area contributed by atoms with Crippen LogP contribution in [0.25, 0.3) is 11.0 Å². The Morgan fingerprint density at radius 1 is 1.21 bits per heavy atom. The van der Waals surface area contributed by atoms with Crippen molar-refractivity contribution in [3.05, 3.63) is 58.1 Å². The summed E-state index contributed by atoms with van der Waals surface area (Å²) >= 11 is 0. The van der Waals surface area contributed by atoms with Crippen LogP contribution in [0.5, 0.6) is 0 Å². The number of aryl methyl sites for hydroxylation is 1. The maximum atomic E-state index is 12.6. The number of nitrogens with zero attached hydrogens (tertiary/aromatic N) is 5. The molecule has 0 spiro atoms. The quantitative estimate of drug-likeness (QED) is 0.685. The lowest BCUT2D eigenvalue weighted by Gasteiger charge is -2.25. The number of nitriles is 1. The normalized spacial score (nSPS) is 16.1. The minimum Gasteiger partial charge on any atom is -0.324 e. The van der Waals surface area contributed by atoms with Gasteiger partial charge in [-0.3, -0.25) is 4.79 Å². The third-order valence-electron chi connectivity index (χ3n) is 5.71. The molecule has 140 valence electrons. The molecule has 3 heterocycles. The Balaban J connectivity index is 1.67. The van der Waals surface area contributed by atoms with Crippen molar-refractivity contribution < 1.29 is 0 Å². The highest BCUT2D eigenvalue weighted by atomic mass is 16.1. The van der Waals surface area contributed by atoms with Gasteiger partial charge in [-0.05, 0) is 61.3 Å². The van der Waals surface area contributed by atoms with Gasteiger partial charge in [-0.1, -0.05) is 6.07 Å². The average molecular weight is 371 g/mol. The molecule has 0 aromatic carbocycles. The van der Waals surface area contributed by atoms with E-state index in [9.17, 15) is 10.1 Å². The molecule has 3 aromatic rings. The van der Waals surface area contributed by atoms with E-state index >= 15 is 0 Å². The van der Waals surface area contributed by atoms with Crippen LogP contribution in [0.1, 0.15) is 42.9 Å². The summed E-state index contributed by atoms with van der Waals surface area (Å²) in [5.74, 6) is 2.08. The first-order valence-corrected chi connectivity index (χ1v) is 9.78. The number of fused-ring (bicyclic) bond motifs is 1. The summed E-state index contributed by atoms with van der Waals surface area (Å²) in [6.45, 7) is 0.802. The molecule has 0 bridgehead atoms. The highest BCUT2D eigenvalue weighted by molar-refractivity contribution is 5.90. The summed E-state index contributed by atoms with van der Waals surface area (Å²) in [7, 11) is 1.73. The fraction of sp³-hybridized carbons (Fsp3) is 0.364. The van der Waals surface area contributed by atoms with Gasteiger partial charge in [0.2, 0.25) is 0 Å². The fourth-order valence-corrected chi connectivity index (χ4v) is 3.67. The molecule has 0 unspecified atom stereocenters. The molecule has 2 fully saturated rings. The van der Waals surface area contributed by atoms with Crippen molar-refractivity contribution in [1.82, 2.24) is 14.5 Å². The Morgan fingerprint density at radius 2 is 2.04 bits per heavy atom. The topological polar surface area (TPSA) is 74.8 Å². The summed E-state index contributed by atoms with van der Waals surface area (Å²) in [5.41, 5.74) is 3.65. The van der Waals surface area contributed by atoms with Crippen molar-refractivity contribution in [3.63, 3.8) is 0 Å². The van der Waals surface area contributed by atoms with Crippen LogP contribution in [-0.4, -0.2) is 21.1 Å². The minimum atomic E-state index is -0.0931. The molecule has 2 aliphatic rings. The first kappa shape index (κ1) is 16.9. The van der Waals surface area contributed by atoms with E-state index in [0.29, 0.717) is 23.0 Å². The Labute approximate surface area is 163 Å². The molecule has 5 rings (SSSR count). The molecule has 28 heavy (non-hydrogen) atoms. The third kappa shape index (κ3) is 3.03. The lowest BCUT2D eigenvalue weighted by molar-refractivity contribution is 0.801. The van der Waals surface area contributed by atoms with Crippen LogP contribution in [0.2, 0.25) is 0 Å². The number of pyridine rings is 3. The molecule has 6 nitrogen and oxygen atoms in total. The lowest BCUT2D eigenvalue weighted by Crippen LogP contribution is -2.25. The molecular formula is C22H21N5O. The van der Waals surface area contributed by atoms with Crippen LogP contribution in [0.4, 0.5) is 11.5 Å². The predicted octanol–water partition coefficient (Wildman–Crippen LogP) is 3.63. The maximum Gasteiger partial charge on any atom is 0.252 e. The van der Waals surface area contributed by atoms with Crippen LogP contribution in [0, 0.1) is 17.2 Å². The Bertz CT molecular complexity index is 1150. The first-order valence-electron chi connectivity index (χ1n) is 9.78. The number of aromatic nitrogens is 3. The summed E-state index contributed by atoms with van der Waals surface area (Å²) < 4.78 is 1.58. The Hall–Kier alpha value is -3.20. The van der Waals surface area contributed by atoms with E-state index in [-0.39, 0.29) is 5.56 Å². The molecule has 0 N–H and O–H groups in total. The maximum absolute atomic E-state index is 12.6. The zero-order chi connectivity index (χ0) is 19.3. The Morgan fingerprint density at radius 3 is 2.68 bits per heavy atom. The van der Waals surface area contributed by atoms with E-state index in [1.165, 1.54) is 31.2 Å². The molecule has 0 saturated heterocycles. The third-order valence-corrected chi connectivity index (χ3v) is 5.71. The zero-order valence-electron chi connectivity index (χ0n) is 15.8. The largest absolute Gasteiger partial charge is 0.324 e. The van der Waals surface area contributed by atoms with E-state index < -0.39 is 0 Å². The van der Waals surface area contributed by atoms with Crippen molar-refractivity contribution in [2.75, 3.05) is 11.4 Å². The van der Waals surface area contributed by atoms with Crippen LogP contribution in [0.3, 0.4) is 0 Å². The molecule has 0 radical (unpaired) electrons. The summed E-state index contributed by atoms with van der Waals surface area (Å²) in [6, 6.07) is 11.4. The van der Waals surface area contributed by atoms with Crippen LogP contribution >= 0.6 is 0 Å². The fourth-order valence-electron chi connectivity index (χ4n) is 3.67. The number of anilines is 2. The molecule has 2 aliphatic carbocycles. The molecule has 3 aromatic heterocycles. The van der Waals surface area contributed by atoms with E-state index in [0.717, 1.165) is 23.6 Å². The van der Waals surface area contributed by atoms with Crippen LogP contribution in [0.15, 0.2) is 41.3 Å². The standard InChI is InChI=1S/C22H21N5O/c1-26-18-8-7-17(11-23)25-22(18)19(10-21(26)28)27(13-14-2-3-14)20-9-6-16(12-24-20)15-4-5-15/h6-10,12,14-15H,2-5,13H2,1H3. The van der Waals surface area contributed by atoms with Gasteiger partial charge in [-0.25, -0.2) is 9.97 Å². The molecule has 2 saturated carbocycles. The van der Waals surface area contributed by atoms with E-state index in [2.05, 4.69) is 22.0 Å². The van der Waals surface area contributed by atoms with Crippen LogP contribution in [-0.2, 0) is 7.05 Å². The molecule has 0 aliphatic heterocycles. The first-order chi connectivity index (χ1) is 13.6. The summed E-state index contributed by atoms with van der Waals surface area (Å²) in [5, 5.41) is 9.30. The van der Waals surface area contributed by atoms with Crippen molar-refractivity contribution in [3.8, 4) is 6.07 Å². The molecule has 0 atom stereocenters. The lowest BCUT2D eigenvalue weighted by atomic mass is 10.1. The van der Waals surface area contributed by atoms with Gasteiger partial charge in [0, 0.05) is 25.9 Å². The second-order valence-corrected chi connectivity index (χ2v) is 7.88. The minimum absolute atomic E-state index is 0.0931. The second-order valence-electron chi connectivity index (χ2n) is 7.88. The average Bonchev–Trinajstić information content (AvgIpc) is 3.63. The number of hydrogen-bond donors (Lipinski definition) is 0. The second kappa shape index (κ2) is 6.45. The number of rotatable bonds is 5.